The molecule has 0 N–H and O–H groups in total. The summed E-state index contributed by atoms with van der Waals surface area (Å²) in [7, 11) is 0. The van der Waals surface area contributed by atoms with Gasteiger partial charge in [0.25, 0.3) is 0 Å². The molecule has 1 aromatic rings. The van der Waals surface area contributed by atoms with Crippen LogP contribution in [0.5, 0.6) is 0 Å². The molecule has 0 saturated carbocycles. The molecule has 2 heteroatoms. The minimum absolute atomic E-state index is 0.711. The molecular formula is C9H8NS. The number of hydrogen-bond acceptors (Lipinski definition) is 2. The summed E-state index contributed by atoms with van der Waals surface area (Å²) in [5.74, 6) is 0.908. The van der Waals surface area contributed by atoms with E-state index in [1.165, 1.54) is 17.3 Å². The Morgan fingerprint density at radius 2 is 2.00 bits per heavy atom. The minimum Gasteiger partial charge on any atom is -0.192 e. The minimum atomic E-state index is 0.711. The van der Waals surface area contributed by atoms with E-state index in [4.69, 9.17) is 5.26 Å². The summed E-state index contributed by atoms with van der Waals surface area (Å²) < 4.78 is 0. The lowest BCUT2D eigenvalue weighted by Crippen LogP contribution is -1.79. The van der Waals surface area contributed by atoms with Gasteiger partial charge in [0.15, 0.2) is 0 Å². The molecule has 0 aliphatic rings. The van der Waals surface area contributed by atoms with Crippen molar-refractivity contribution in [3.8, 4) is 6.07 Å². The van der Waals surface area contributed by atoms with E-state index in [0.29, 0.717) is 5.56 Å². The molecule has 0 fully saturated rings. The summed E-state index contributed by atoms with van der Waals surface area (Å²) in [5, 5.41) is 8.49. The number of hydrogen-bond donors (Lipinski definition) is 0. The van der Waals surface area contributed by atoms with Gasteiger partial charge in [-0.1, -0.05) is 12.1 Å². The molecule has 0 bridgehead atoms. The average molecular weight is 162 g/mol. The van der Waals surface area contributed by atoms with Crippen LogP contribution in [0.1, 0.15) is 11.1 Å². The van der Waals surface area contributed by atoms with Crippen LogP contribution in [0.2, 0.25) is 0 Å². The van der Waals surface area contributed by atoms with E-state index in [0.717, 1.165) is 5.75 Å². The van der Waals surface area contributed by atoms with E-state index in [2.05, 4.69) is 12.3 Å². The second-order valence-corrected chi connectivity index (χ2v) is 2.85. The zero-order chi connectivity index (χ0) is 8.10. The SMILES string of the molecule is [CH2]SCc1ccc(C#N)cc1. The van der Waals surface area contributed by atoms with Crippen LogP contribution in [0.15, 0.2) is 24.3 Å². The molecule has 0 heterocycles. The summed E-state index contributed by atoms with van der Waals surface area (Å²) in [4.78, 5) is 0. The van der Waals surface area contributed by atoms with Gasteiger partial charge in [0.05, 0.1) is 11.6 Å². The van der Waals surface area contributed by atoms with Gasteiger partial charge in [0, 0.05) is 12.0 Å². The highest BCUT2D eigenvalue weighted by atomic mass is 32.2. The smallest absolute Gasteiger partial charge is 0.0991 e. The van der Waals surface area contributed by atoms with Crippen LogP contribution in [0, 0.1) is 17.6 Å². The summed E-state index contributed by atoms with van der Waals surface area (Å²) in [6, 6.07) is 9.63. The highest BCUT2D eigenvalue weighted by Crippen LogP contribution is 2.10. The number of nitriles is 1. The Bertz CT molecular complexity index is 258. The first-order valence-electron chi connectivity index (χ1n) is 3.23. The topological polar surface area (TPSA) is 23.8 Å². The molecular weight excluding hydrogens is 154 g/mol. The second kappa shape index (κ2) is 4.05. The Labute approximate surface area is 71.0 Å². The van der Waals surface area contributed by atoms with Gasteiger partial charge in [-0.3, -0.25) is 0 Å². The van der Waals surface area contributed by atoms with Crippen molar-refractivity contribution < 1.29 is 0 Å². The van der Waals surface area contributed by atoms with E-state index >= 15 is 0 Å². The fourth-order valence-electron chi connectivity index (χ4n) is 0.793. The fourth-order valence-corrected chi connectivity index (χ4v) is 1.22. The van der Waals surface area contributed by atoms with E-state index < -0.39 is 0 Å². The largest absolute Gasteiger partial charge is 0.192 e. The number of benzene rings is 1. The number of rotatable bonds is 2. The summed E-state index contributed by atoms with van der Waals surface area (Å²) in [6.45, 7) is 0. The lowest BCUT2D eigenvalue weighted by Gasteiger charge is -1.95. The van der Waals surface area contributed by atoms with Crippen LogP contribution >= 0.6 is 11.8 Å². The van der Waals surface area contributed by atoms with Gasteiger partial charge in [-0.25, -0.2) is 0 Å². The third-order valence-electron chi connectivity index (χ3n) is 1.35. The molecule has 0 spiro atoms. The molecule has 1 radical (unpaired) electrons. The molecule has 11 heavy (non-hydrogen) atoms. The molecule has 0 aromatic heterocycles. The summed E-state index contributed by atoms with van der Waals surface area (Å²) in [5.41, 5.74) is 1.92. The third-order valence-corrected chi connectivity index (χ3v) is 1.89. The van der Waals surface area contributed by atoms with Crippen LogP contribution in [0.4, 0.5) is 0 Å². The second-order valence-electron chi connectivity index (χ2n) is 2.16. The van der Waals surface area contributed by atoms with Crippen LogP contribution in [-0.4, -0.2) is 0 Å². The summed E-state index contributed by atoms with van der Waals surface area (Å²) >= 11 is 1.54. The zero-order valence-electron chi connectivity index (χ0n) is 6.08. The Morgan fingerprint density at radius 3 is 2.45 bits per heavy atom. The van der Waals surface area contributed by atoms with Gasteiger partial charge in [-0.05, 0) is 17.7 Å². The maximum Gasteiger partial charge on any atom is 0.0991 e. The van der Waals surface area contributed by atoms with Crippen LogP contribution < -0.4 is 0 Å². The molecule has 1 rings (SSSR count). The van der Waals surface area contributed by atoms with Crippen molar-refractivity contribution in [3.63, 3.8) is 0 Å². The van der Waals surface area contributed by atoms with Gasteiger partial charge >= 0.3 is 0 Å². The maximum absolute atomic E-state index is 8.49. The third kappa shape index (κ3) is 2.28. The van der Waals surface area contributed by atoms with Gasteiger partial charge in [0.1, 0.15) is 0 Å². The maximum atomic E-state index is 8.49. The van der Waals surface area contributed by atoms with Crippen molar-refractivity contribution in [1.29, 1.82) is 5.26 Å². The highest BCUT2D eigenvalue weighted by Gasteiger charge is 1.91. The predicted octanol–water partition coefficient (Wildman–Crippen LogP) is 2.58. The van der Waals surface area contributed by atoms with Crippen LogP contribution in [-0.2, 0) is 5.75 Å². The monoisotopic (exact) mass is 162 g/mol. The zero-order valence-corrected chi connectivity index (χ0v) is 6.90. The van der Waals surface area contributed by atoms with Crippen LogP contribution in [0.3, 0.4) is 0 Å². The first-order chi connectivity index (χ1) is 5.36. The van der Waals surface area contributed by atoms with E-state index in [1.54, 1.807) is 0 Å². The molecule has 0 unspecified atom stereocenters. The van der Waals surface area contributed by atoms with Crippen molar-refractivity contribution in [2.75, 3.05) is 0 Å². The number of thioether (sulfide) groups is 1. The van der Waals surface area contributed by atoms with Gasteiger partial charge < -0.3 is 0 Å². The van der Waals surface area contributed by atoms with Crippen molar-refractivity contribution in [3.05, 3.63) is 41.6 Å². The van der Waals surface area contributed by atoms with E-state index in [9.17, 15) is 0 Å². The molecule has 0 aliphatic heterocycles. The normalized spacial score (nSPS) is 9.09. The van der Waals surface area contributed by atoms with E-state index in [-0.39, 0.29) is 0 Å². The van der Waals surface area contributed by atoms with Gasteiger partial charge in [-0.15, -0.1) is 0 Å². The molecule has 55 valence electrons. The van der Waals surface area contributed by atoms with E-state index in [1.807, 2.05) is 24.3 Å². The fraction of sp³-hybridized carbons (Fsp3) is 0.111. The van der Waals surface area contributed by atoms with Crippen molar-refractivity contribution in [2.24, 2.45) is 0 Å². The molecule has 0 atom stereocenters. The quantitative estimate of drug-likeness (QED) is 0.667. The summed E-state index contributed by atoms with van der Waals surface area (Å²) in [6.07, 6.45) is 3.68. The standard InChI is InChI=1S/C9H8NS/c1-11-7-9-4-2-8(6-10)3-5-9/h2-5H,1,7H2. The first kappa shape index (κ1) is 8.16. The highest BCUT2D eigenvalue weighted by molar-refractivity contribution is 7.99. The first-order valence-corrected chi connectivity index (χ1v) is 4.38. The molecule has 0 saturated heterocycles. The Kier molecular flexibility index (Phi) is 3.00. The lowest BCUT2D eigenvalue weighted by atomic mass is 10.2. The Hall–Kier alpha value is -0.940. The average Bonchev–Trinajstić information content (AvgIpc) is 2.07. The van der Waals surface area contributed by atoms with Crippen LogP contribution in [0.25, 0.3) is 0 Å². The van der Waals surface area contributed by atoms with Crippen molar-refractivity contribution in [1.82, 2.24) is 0 Å². The van der Waals surface area contributed by atoms with Gasteiger partial charge in [0.2, 0.25) is 0 Å². The molecule has 0 amide bonds. The molecule has 0 aliphatic carbocycles. The van der Waals surface area contributed by atoms with Gasteiger partial charge in [-0.2, -0.15) is 17.0 Å². The Balaban J connectivity index is 2.76. The number of nitrogens with zero attached hydrogens (tertiary/aromatic N) is 1. The predicted molar refractivity (Wildman–Crippen MR) is 47.8 cm³/mol. The van der Waals surface area contributed by atoms with Crippen molar-refractivity contribution in [2.45, 2.75) is 5.75 Å². The lowest BCUT2D eigenvalue weighted by molar-refractivity contribution is 1.40. The molecule has 1 aromatic carbocycles. The van der Waals surface area contributed by atoms with Crippen molar-refractivity contribution >= 4 is 11.8 Å². The molecule has 1 nitrogen and oxygen atoms in total. The Morgan fingerprint density at radius 1 is 1.36 bits per heavy atom.